The van der Waals surface area contributed by atoms with Gasteiger partial charge in [-0.15, -0.1) is 0 Å². The number of aliphatic hydroxyl groups excluding tert-OH is 2. The molecular weight excluding hydrogens is 470 g/mol. The normalized spacial score (nSPS) is 31.5. The molecule has 10 heteroatoms. The van der Waals surface area contributed by atoms with Gasteiger partial charge in [-0.2, -0.15) is 0 Å². The average molecular weight is 500 g/mol. The van der Waals surface area contributed by atoms with Crippen molar-refractivity contribution < 1.29 is 44.6 Å². The van der Waals surface area contributed by atoms with Crippen LogP contribution >= 0.6 is 0 Å². The van der Waals surface area contributed by atoms with Crippen molar-refractivity contribution in [2.24, 2.45) is 5.73 Å². The fourth-order valence-corrected chi connectivity index (χ4v) is 5.63. The van der Waals surface area contributed by atoms with Crippen LogP contribution in [0.15, 0.2) is 24.3 Å². The first-order chi connectivity index (χ1) is 17.1. The summed E-state index contributed by atoms with van der Waals surface area (Å²) >= 11 is 0. The Hall–Kier alpha value is -2.86. The van der Waals surface area contributed by atoms with Gasteiger partial charge in [-0.3, -0.25) is 9.59 Å². The van der Waals surface area contributed by atoms with Gasteiger partial charge in [0.05, 0.1) is 35.0 Å². The lowest BCUT2D eigenvalue weighted by Crippen LogP contribution is -2.52. The quantitative estimate of drug-likeness (QED) is 0.281. The summed E-state index contributed by atoms with van der Waals surface area (Å²) < 4.78 is 11.9. The molecule has 36 heavy (non-hydrogen) atoms. The molecule has 0 spiro atoms. The molecule has 0 aromatic heterocycles. The van der Waals surface area contributed by atoms with E-state index in [1.54, 1.807) is 19.1 Å². The lowest BCUT2D eigenvalue weighted by molar-refractivity contribution is -0.248. The number of hydrogen-bond donors (Lipinski definition) is 6. The number of carbonyl (C=O) groups excluding carboxylic acids is 2. The number of aliphatic hydroxyl groups is 3. The first-order valence-electron chi connectivity index (χ1n) is 11.9. The molecule has 2 aromatic rings. The molecule has 3 aliphatic rings. The van der Waals surface area contributed by atoms with Crippen LogP contribution in [0.2, 0.25) is 0 Å². The largest absolute Gasteiger partial charge is 0.507 e. The van der Waals surface area contributed by atoms with Crippen molar-refractivity contribution in [2.45, 2.75) is 68.9 Å². The van der Waals surface area contributed by atoms with Gasteiger partial charge in [-0.1, -0.05) is 24.3 Å². The maximum atomic E-state index is 13.3. The highest BCUT2D eigenvalue weighted by atomic mass is 16.7. The number of ketones is 2. The standard InChI is InChI=1S/C26H29NO9/c1-11-21(29)15(27)8-17(35-11)36-16-10-26(34,6-7-28)9-14-18(16)25(33)20-19(24(14)32)22(30)12-4-2-3-5-13(12)23(20)31/h2-5,11,15-17,21,28-29,32-34H,6-10,27H2,1H3/t11-,15-,16-,17-,21-,26-/m0/s1. The minimum Gasteiger partial charge on any atom is -0.507 e. The van der Waals surface area contributed by atoms with E-state index in [-0.39, 0.29) is 65.7 Å². The van der Waals surface area contributed by atoms with Gasteiger partial charge in [-0.25, -0.2) is 0 Å². The molecule has 1 fully saturated rings. The predicted octanol–water partition coefficient (Wildman–Crippen LogP) is 0.814. The van der Waals surface area contributed by atoms with Crippen molar-refractivity contribution in [1.82, 2.24) is 0 Å². The summed E-state index contributed by atoms with van der Waals surface area (Å²) in [5, 5.41) is 53.6. The van der Waals surface area contributed by atoms with E-state index >= 15 is 0 Å². The number of phenols is 2. The number of carbonyl (C=O) groups is 2. The topological polar surface area (TPSA) is 180 Å². The maximum absolute atomic E-state index is 13.3. The van der Waals surface area contributed by atoms with Crippen LogP contribution in [0, 0.1) is 0 Å². The number of rotatable bonds is 4. The Balaban J connectivity index is 1.64. The van der Waals surface area contributed by atoms with Gasteiger partial charge in [0, 0.05) is 54.2 Å². The van der Waals surface area contributed by atoms with Crippen LogP contribution in [-0.2, 0) is 15.9 Å². The maximum Gasteiger partial charge on any atom is 0.198 e. The van der Waals surface area contributed by atoms with Crippen molar-refractivity contribution in [3.63, 3.8) is 0 Å². The SMILES string of the molecule is C[C@@H]1O[C@@H](O[C@H]2C[C@](O)(CCO)Cc3c(O)c4c(c(O)c32)C(=O)c2ccccc2C4=O)C[C@H](N)[C@H]1O. The highest BCUT2D eigenvalue weighted by molar-refractivity contribution is 6.30. The third kappa shape index (κ3) is 3.81. The van der Waals surface area contributed by atoms with Crippen molar-refractivity contribution in [3.05, 3.63) is 57.6 Å². The molecule has 0 radical (unpaired) electrons. The number of aromatic hydroxyl groups is 2. The second-order valence-corrected chi connectivity index (χ2v) is 9.91. The van der Waals surface area contributed by atoms with Crippen molar-refractivity contribution in [2.75, 3.05) is 6.61 Å². The minimum atomic E-state index is -1.54. The monoisotopic (exact) mass is 499 g/mol. The molecule has 0 amide bonds. The molecule has 6 atom stereocenters. The number of ether oxygens (including phenoxy) is 2. The van der Waals surface area contributed by atoms with Gasteiger partial charge in [0.2, 0.25) is 0 Å². The number of phenolic OH excluding ortho intramolecular Hbond substituents is 2. The summed E-state index contributed by atoms with van der Waals surface area (Å²) in [5.41, 5.74) is 4.20. The zero-order valence-corrected chi connectivity index (χ0v) is 19.7. The molecule has 0 saturated carbocycles. The Kier molecular flexibility index (Phi) is 6.14. The molecule has 1 saturated heterocycles. The van der Waals surface area contributed by atoms with Crippen molar-refractivity contribution >= 4 is 11.6 Å². The summed E-state index contributed by atoms with van der Waals surface area (Å²) in [5.74, 6) is -2.25. The second kappa shape index (κ2) is 8.91. The Labute approximate surface area is 206 Å². The third-order valence-corrected chi connectivity index (χ3v) is 7.50. The molecular formula is C26H29NO9. The highest BCUT2D eigenvalue weighted by Crippen LogP contribution is 2.52. The smallest absolute Gasteiger partial charge is 0.198 e. The van der Waals surface area contributed by atoms with Crippen LogP contribution in [0.4, 0.5) is 0 Å². The molecule has 0 unspecified atom stereocenters. The van der Waals surface area contributed by atoms with E-state index in [4.69, 9.17) is 15.2 Å². The minimum absolute atomic E-state index is 0.0561. The van der Waals surface area contributed by atoms with Gasteiger partial charge in [0.1, 0.15) is 11.5 Å². The zero-order valence-electron chi connectivity index (χ0n) is 19.7. The molecule has 2 aliphatic carbocycles. The van der Waals surface area contributed by atoms with E-state index in [9.17, 15) is 35.1 Å². The predicted molar refractivity (Wildman–Crippen MR) is 125 cm³/mol. The summed E-state index contributed by atoms with van der Waals surface area (Å²) in [6, 6.07) is 5.51. The summed E-state index contributed by atoms with van der Waals surface area (Å²) in [6.07, 6.45) is -3.72. The van der Waals surface area contributed by atoms with E-state index in [1.807, 2.05) is 0 Å². The first kappa shape index (κ1) is 24.8. The molecule has 1 heterocycles. The fraction of sp³-hybridized carbons (Fsp3) is 0.462. The van der Waals surface area contributed by atoms with Crippen LogP contribution in [0.25, 0.3) is 0 Å². The van der Waals surface area contributed by atoms with Crippen LogP contribution in [0.3, 0.4) is 0 Å². The van der Waals surface area contributed by atoms with Gasteiger partial charge < -0.3 is 40.7 Å². The van der Waals surface area contributed by atoms with Crippen molar-refractivity contribution in [3.8, 4) is 11.5 Å². The lowest BCUT2D eigenvalue weighted by atomic mass is 9.72. The Morgan fingerprint density at radius 2 is 1.72 bits per heavy atom. The van der Waals surface area contributed by atoms with Crippen LogP contribution in [0.5, 0.6) is 11.5 Å². The number of benzene rings is 2. The molecule has 10 nitrogen and oxygen atoms in total. The fourth-order valence-electron chi connectivity index (χ4n) is 5.63. The number of hydrogen-bond acceptors (Lipinski definition) is 10. The van der Waals surface area contributed by atoms with Gasteiger partial charge >= 0.3 is 0 Å². The third-order valence-electron chi connectivity index (χ3n) is 7.50. The molecule has 0 bridgehead atoms. The summed E-state index contributed by atoms with van der Waals surface area (Å²) in [6.45, 7) is 1.29. The molecule has 2 aromatic carbocycles. The highest BCUT2D eigenvalue weighted by Gasteiger charge is 2.47. The van der Waals surface area contributed by atoms with E-state index in [1.165, 1.54) is 12.1 Å². The van der Waals surface area contributed by atoms with Crippen LogP contribution in [0.1, 0.15) is 75.3 Å². The number of nitrogens with two attached hydrogens (primary N) is 1. The Morgan fingerprint density at radius 1 is 1.11 bits per heavy atom. The van der Waals surface area contributed by atoms with E-state index in [0.717, 1.165) is 0 Å². The Morgan fingerprint density at radius 3 is 2.31 bits per heavy atom. The molecule has 7 N–H and O–H groups in total. The van der Waals surface area contributed by atoms with Crippen LogP contribution in [-0.4, -0.2) is 73.8 Å². The van der Waals surface area contributed by atoms with E-state index < -0.39 is 59.3 Å². The second-order valence-electron chi connectivity index (χ2n) is 9.91. The van der Waals surface area contributed by atoms with Gasteiger partial charge in [0.25, 0.3) is 0 Å². The molecule has 192 valence electrons. The lowest BCUT2D eigenvalue weighted by Gasteiger charge is -2.42. The van der Waals surface area contributed by atoms with E-state index in [2.05, 4.69) is 0 Å². The van der Waals surface area contributed by atoms with Crippen molar-refractivity contribution in [1.29, 1.82) is 0 Å². The van der Waals surface area contributed by atoms with E-state index in [0.29, 0.717) is 0 Å². The van der Waals surface area contributed by atoms with Gasteiger partial charge in [0.15, 0.2) is 17.9 Å². The Bertz CT molecular complexity index is 1230. The van der Waals surface area contributed by atoms with Gasteiger partial charge in [-0.05, 0) is 13.3 Å². The van der Waals surface area contributed by atoms with Crippen LogP contribution < -0.4 is 5.73 Å². The summed E-state index contributed by atoms with van der Waals surface area (Å²) in [7, 11) is 0. The molecule has 1 aliphatic heterocycles. The first-order valence-corrected chi connectivity index (χ1v) is 11.9. The number of fused-ring (bicyclic) bond motifs is 3. The molecule has 5 rings (SSSR count). The average Bonchev–Trinajstić information content (AvgIpc) is 2.83. The zero-order chi connectivity index (χ0) is 25.9. The summed E-state index contributed by atoms with van der Waals surface area (Å²) in [4.78, 5) is 26.6.